The molecule has 5 aromatic rings. The highest BCUT2D eigenvalue weighted by Crippen LogP contribution is 2.41. The Kier molecular flexibility index (Phi) is 5.10. The molecule has 1 aromatic heterocycles. The minimum atomic E-state index is -0.522. The second kappa shape index (κ2) is 8.56. The molecule has 4 aromatic carbocycles. The summed E-state index contributed by atoms with van der Waals surface area (Å²) in [7, 11) is 0. The van der Waals surface area contributed by atoms with E-state index in [4.69, 9.17) is 5.73 Å². The molecule has 1 fully saturated rings. The zero-order valence-electron chi connectivity index (χ0n) is 21.4. The number of amides is 3. The van der Waals surface area contributed by atoms with Crippen LogP contribution in [0.15, 0.2) is 72.8 Å². The minimum Gasteiger partial charge on any atom is -0.366 e. The third-order valence-electron chi connectivity index (χ3n) is 7.94. The third kappa shape index (κ3) is 3.69. The van der Waals surface area contributed by atoms with Crippen LogP contribution in [0.25, 0.3) is 32.9 Å². The number of rotatable bonds is 5. The summed E-state index contributed by atoms with van der Waals surface area (Å²) in [5, 5.41) is 4.79. The Hall–Kier alpha value is -4.91. The maximum atomic E-state index is 13.3. The number of carbonyl (C=O) groups excluding carboxylic acids is 3. The summed E-state index contributed by atoms with van der Waals surface area (Å²) in [6.07, 6.45) is 1.86. The molecule has 0 saturated heterocycles. The molecule has 0 bridgehead atoms. The molecule has 7 heteroatoms. The number of benzene rings is 4. The van der Waals surface area contributed by atoms with Crippen LogP contribution in [-0.4, -0.2) is 22.7 Å². The van der Waals surface area contributed by atoms with E-state index in [2.05, 4.69) is 10.3 Å². The highest BCUT2D eigenvalue weighted by molar-refractivity contribution is 6.21. The van der Waals surface area contributed by atoms with Crippen molar-refractivity contribution in [1.29, 1.82) is 0 Å². The van der Waals surface area contributed by atoms with Crippen molar-refractivity contribution in [3.8, 4) is 11.1 Å². The molecule has 0 radical (unpaired) electrons. The van der Waals surface area contributed by atoms with Crippen LogP contribution >= 0.6 is 0 Å². The molecule has 2 aliphatic rings. The van der Waals surface area contributed by atoms with Gasteiger partial charge in [-0.2, -0.15) is 0 Å². The SMILES string of the molecule is Cc1c(-c2ccc(C(N)=O)c3[nH]c4cc(NC(=O)C5CC5)ccc4c23)cccc1N1Cc2ccccc2C1=O. The molecule has 39 heavy (non-hydrogen) atoms. The summed E-state index contributed by atoms with van der Waals surface area (Å²) in [6, 6.07) is 23.1. The van der Waals surface area contributed by atoms with Crippen LogP contribution < -0.4 is 16.0 Å². The van der Waals surface area contributed by atoms with Gasteiger partial charge in [-0.1, -0.05) is 42.5 Å². The molecule has 3 amide bonds. The van der Waals surface area contributed by atoms with Crippen molar-refractivity contribution in [2.75, 3.05) is 10.2 Å². The fraction of sp³-hybridized carbons (Fsp3) is 0.156. The number of nitrogens with zero attached hydrogens (tertiary/aromatic N) is 1. The maximum Gasteiger partial charge on any atom is 0.258 e. The van der Waals surface area contributed by atoms with Gasteiger partial charge < -0.3 is 20.9 Å². The second-order valence-corrected chi connectivity index (χ2v) is 10.4. The number of carbonyl (C=O) groups is 3. The number of nitrogens with two attached hydrogens (primary N) is 1. The molecule has 0 atom stereocenters. The van der Waals surface area contributed by atoms with Gasteiger partial charge in [0.15, 0.2) is 0 Å². The summed E-state index contributed by atoms with van der Waals surface area (Å²) < 4.78 is 0. The number of nitrogens with one attached hydrogen (secondary N) is 2. The summed E-state index contributed by atoms with van der Waals surface area (Å²) in [4.78, 5) is 43.2. The summed E-state index contributed by atoms with van der Waals surface area (Å²) in [5.74, 6) is -0.392. The van der Waals surface area contributed by atoms with Gasteiger partial charge in [-0.3, -0.25) is 14.4 Å². The molecule has 1 aliphatic heterocycles. The van der Waals surface area contributed by atoms with Crippen molar-refractivity contribution in [1.82, 2.24) is 4.98 Å². The van der Waals surface area contributed by atoms with E-state index < -0.39 is 5.91 Å². The average molecular weight is 515 g/mol. The number of aromatic amines is 1. The lowest BCUT2D eigenvalue weighted by molar-refractivity contribution is -0.117. The standard InChI is InChI=1S/C32H26N4O3/c1-17-21(7-4-8-27(17)36-16-19-5-2-3-6-22(19)32(36)39)23-13-14-25(30(33)37)29-28(23)24-12-11-20(15-26(24)35-29)34-31(38)18-9-10-18/h2-8,11-15,18,35H,9-10,16H2,1H3,(H2,33,37)(H,34,38). The number of fused-ring (bicyclic) bond motifs is 4. The second-order valence-electron chi connectivity index (χ2n) is 10.4. The first-order valence-corrected chi connectivity index (χ1v) is 13.1. The summed E-state index contributed by atoms with van der Waals surface area (Å²) in [5.41, 5.74) is 13.8. The first-order chi connectivity index (χ1) is 18.9. The highest BCUT2D eigenvalue weighted by Gasteiger charge is 2.31. The van der Waals surface area contributed by atoms with Gasteiger partial charge in [0.1, 0.15) is 0 Å². The van der Waals surface area contributed by atoms with E-state index in [9.17, 15) is 14.4 Å². The normalized spacial score (nSPS) is 14.7. The topological polar surface area (TPSA) is 108 Å². The molecule has 0 unspecified atom stereocenters. The van der Waals surface area contributed by atoms with Crippen LogP contribution in [0.1, 0.15) is 44.7 Å². The molecule has 2 heterocycles. The molecule has 4 N–H and O–H groups in total. The predicted octanol–water partition coefficient (Wildman–Crippen LogP) is 5.90. The van der Waals surface area contributed by atoms with Crippen LogP contribution in [0, 0.1) is 12.8 Å². The molecule has 7 nitrogen and oxygen atoms in total. The van der Waals surface area contributed by atoms with E-state index in [1.54, 1.807) is 6.07 Å². The van der Waals surface area contributed by atoms with E-state index in [0.29, 0.717) is 23.3 Å². The van der Waals surface area contributed by atoms with Gasteiger partial charge in [0, 0.05) is 39.1 Å². The monoisotopic (exact) mass is 514 g/mol. The number of H-pyrrole nitrogens is 1. The molecule has 1 saturated carbocycles. The van der Waals surface area contributed by atoms with Crippen molar-refractivity contribution in [2.24, 2.45) is 11.7 Å². The van der Waals surface area contributed by atoms with Gasteiger partial charge in [-0.15, -0.1) is 0 Å². The van der Waals surface area contributed by atoms with E-state index in [0.717, 1.165) is 62.6 Å². The van der Waals surface area contributed by atoms with Gasteiger partial charge in [0.2, 0.25) is 5.91 Å². The van der Waals surface area contributed by atoms with E-state index in [1.165, 1.54) is 0 Å². The van der Waals surface area contributed by atoms with Gasteiger partial charge in [0.25, 0.3) is 11.8 Å². The molecule has 0 spiro atoms. The van der Waals surface area contributed by atoms with Gasteiger partial charge in [-0.05, 0) is 72.4 Å². The Morgan fingerprint density at radius 3 is 2.51 bits per heavy atom. The lowest BCUT2D eigenvalue weighted by atomic mass is 9.93. The van der Waals surface area contributed by atoms with Crippen LogP contribution in [0.4, 0.5) is 11.4 Å². The first kappa shape index (κ1) is 23.2. The Labute approximate surface area is 224 Å². The van der Waals surface area contributed by atoms with E-state index >= 15 is 0 Å². The lowest BCUT2D eigenvalue weighted by Gasteiger charge is -2.21. The number of aromatic nitrogens is 1. The number of primary amides is 1. The molecular formula is C32H26N4O3. The Morgan fingerprint density at radius 2 is 1.74 bits per heavy atom. The van der Waals surface area contributed by atoms with Crippen molar-refractivity contribution >= 4 is 50.9 Å². The number of hydrogen-bond acceptors (Lipinski definition) is 3. The minimum absolute atomic E-state index is 0.00654. The first-order valence-electron chi connectivity index (χ1n) is 13.1. The third-order valence-corrected chi connectivity index (χ3v) is 7.94. The van der Waals surface area contributed by atoms with Crippen molar-refractivity contribution in [3.05, 3.63) is 95.1 Å². The van der Waals surface area contributed by atoms with Crippen LogP contribution in [0.5, 0.6) is 0 Å². The molecule has 1 aliphatic carbocycles. The van der Waals surface area contributed by atoms with Crippen molar-refractivity contribution in [3.63, 3.8) is 0 Å². The van der Waals surface area contributed by atoms with E-state index in [1.807, 2.05) is 78.6 Å². The largest absolute Gasteiger partial charge is 0.366 e. The average Bonchev–Trinajstić information content (AvgIpc) is 3.64. The molecular weight excluding hydrogens is 488 g/mol. The fourth-order valence-electron chi connectivity index (χ4n) is 5.77. The maximum absolute atomic E-state index is 13.3. The number of anilines is 2. The van der Waals surface area contributed by atoms with Crippen molar-refractivity contribution in [2.45, 2.75) is 26.3 Å². The zero-order valence-corrected chi connectivity index (χ0v) is 21.4. The highest BCUT2D eigenvalue weighted by atomic mass is 16.2. The summed E-state index contributed by atoms with van der Waals surface area (Å²) >= 11 is 0. The Morgan fingerprint density at radius 1 is 0.949 bits per heavy atom. The molecule has 7 rings (SSSR count). The Bertz CT molecular complexity index is 1860. The van der Waals surface area contributed by atoms with Crippen molar-refractivity contribution < 1.29 is 14.4 Å². The van der Waals surface area contributed by atoms with E-state index in [-0.39, 0.29) is 17.7 Å². The van der Waals surface area contributed by atoms with Gasteiger partial charge >= 0.3 is 0 Å². The quantitative estimate of drug-likeness (QED) is 0.272. The predicted molar refractivity (Wildman–Crippen MR) is 153 cm³/mol. The van der Waals surface area contributed by atoms with Crippen LogP contribution in [0.2, 0.25) is 0 Å². The van der Waals surface area contributed by atoms with Crippen LogP contribution in [-0.2, 0) is 11.3 Å². The van der Waals surface area contributed by atoms with Gasteiger partial charge in [-0.25, -0.2) is 0 Å². The molecule has 192 valence electrons. The number of hydrogen-bond donors (Lipinski definition) is 3. The Balaban J connectivity index is 1.38. The lowest BCUT2D eigenvalue weighted by Crippen LogP contribution is -2.24. The van der Waals surface area contributed by atoms with Gasteiger partial charge in [0.05, 0.1) is 17.6 Å². The smallest absolute Gasteiger partial charge is 0.258 e. The zero-order chi connectivity index (χ0) is 26.8. The van der Waals surface area contributed by atoms with Crippen LogP contribution in [0.3, 0.4) is 0 Å². The fourth-order valence-corrected chi connectivity index (χ4v) is 5.77. The summed E-state index contributed by atoms with van der Waals surface area (Å²) in [6.45, 7) is 2.55.